The Morgan fingerprint density at radius 3 is 2.30 bits per heavy atom. The molecule has 5 nitrogen and oxygen atoms in total. The number of hydrogen-bond donors (Lipinski definition) is 0. The number of alkyl halides is 3. The van der Waals surface area contributed by atoms with Crippen LogP contribution >= 0.6 is 0 Å². The van der Waals surface area contributed by atoms with Crippen LogP contribution < -0.4 is 9.47 Å². The number of allylic oxidation sites excluding steroid dienone is 1. The van der Waals surface area contributed by atoms with Crippen molar-refractivity contribution >= 4 is 11.9 Å². The van der Waals surface area contributed by atoms with E-state index in [1.54, 1.807) is 42.5 Å². The number of likely N-dealkylation sites (N-methyl/N-ethyl adjacent to an activating group) is 1. The molecule has 37 heavy (non-hydrogen) atoms. The van der Waals surface area contributed by atoms with E-state index < -0.39 is 6.36 Å². The third-order valence-corrected chi connectivity index (χ3v) is 5.41. The summed E-state index contributed by atoms with van der Waals surface area (Å²) in [5.41, 5.74) is 2.83. The molecule has 0 unspecified atom stereocenters. The van der Waals surface area contributed by atoms with Crippen LogP contribution in [0.4, 0.5) is 13.2 Å². The largest absolute Gasteiger partial charge is 0.573 e. The number of halogens is 3. The van der Waals surface area contributed by atoms with Gasteiger partial charge in [0.1, 0.15) is 18.1 Å². The predicted octanol–water partition coefficient (Wildman–Crippen LogP) is 6.15. The normalized spacial score (nSPS) is 11.9. The summed E-state index contributed by atoms with van der Waals surface area (Å²) in [6.45, 7) is 1.69. The summed E-state index contributed by atoms with van der Waals surface area (Å²) in [6.07, 6.45) is -1.72. The van der Waals surface area contributed by atoms with E-state index >= 15 is 0 Å². The van der Waals surface area contributed by atoms with Crippen molar-refractivity contribution < 1.29 is 27.4 Å². The molecular formula is C29H31F3N2O3. The third kappa shape index (κ3) is 8.48. The van der Waals surface area contributed by atoms with E-state index in [0.29, 0.717) is 42.1 Å². The van der Waals surface area contributed by atoms with E-state index in [2.05, 4.69) is 4.74 Å². The molecule has 3 rings (SSSR count). The molecule has 3 aromatic rings. The van der Waals surface area contributed by atoms with Crippen molar-refractivity contribution in [3.63, 3.8) is 0 Å². The molecule has 0 spiro atoms. The van der Waals surface area contributed by atoms with Crippen molar-refractivity contribution in [2.45, 2.75) is 12.9 Å². The number of carbonyl (C=O) groups is 1. The van der Waals surface area contributed by atoms with Crippen LogP contribution in [0.3, 0.4) is 0 Å². The Kier molecular flexibility index (Phi) is 9.49. The maximum atomic E-state index is 13.1. The van der Waals surface area contributed by atoms with Crippen LogP contribution in [-0.2, 0) is 6.54 Å². The fourth-order valence-electron chi connectivity index (χ4n) is 3.73. The van der Waals surface area contributed by atoms with E-state index in [1.807, 2.05) is 56.2 Å². The van der Waals surface area contributed by atoms with Crippen LogP contribution in [0.1, 0.15) is 21.5 Å². The van der Waals surface area contributed by atoms with E-state index in [9.17, 15) is 18.0 Å². The van der Waals surface area contributed by atoms with Crippen LogP contribution in [0.2, 0.25) is 0 Å². The average Bonchev–Trinajstić information content (AvgIpc) is 2.82. The summed E-state index contributed by atoms with van der Waals surface area (Å²) < 4.78 is 49.1. The van der Waals surface area contributed by atoms with Gasteiger partial charge in [0.25, 0.3) is 0 Å². The summed E-state index contributed by atoms with van der Waals surface area (Å²) in [7, 11) is 7.71. The zero-order valence-electron chi connectivity index (χ0n) is 21.4. The van der Waals surface area contributed by atoms with Gasteiger partial charge in [-0.1, -0.05) is 48.5 Å². The Hall–Kier alpha value is -3.62. The molecule has 8 heteroatoms. The van der Waals surface area contributed by atoms with Crippen LogP contribution in [0.15, 0.2) is 72.8 Å². The van der Waals surface area contributed by atoms with Crippen molar-refractivity contribution in [2.24, 2.45) is 0 Å². The molecule has 196 valence electrons. The number of benzene rings is 3. The second kappa shape index (κ2) is 12.6. The molecule has 0 radical (unpaired) electrons. The molecule has 0 saturated heterocycles. The van der Waals surface area contributed by atoms with Gasteiger partial charge in [-0.3, -0.25) is 4.79 Å². The zero-order chi connectivity index (χ0) is 27.0. The van der Waals surface area contributed by atoms with Gasteiger partial charge >= 0.3 is 6.36 Å². The third-order valence-electron chi connectivity index (χ3n) is 5.41. The molecular weight excluding hydrogens is 481 g/mol. The lowest BCUT2D eigenvalue weighted by molar-refractivity contribution is -0.274. The summed E-state index contributed by atoms with van der Waals surface area (Å²) in [6, 6.07) is 18.4. The molecule has 0 aliphatic carbocycles. The molecule has 3 aromatic carbocycles. The molecule has 0 bridgehead atoms. The maximum absolute atomic E-state index is 13.1. The Labute approximate surface area is 215 Å². The maximum Gasteiger partial charge on any atom is 0.573 e. The number of hydrogen-bond acceptors (Lipinski definition) is 5. The van der Waals surface area contributed by atoms with E-state index in [4.69, 9.17) is 4.74 Å². The Bertz CT molecular complexity index is 1240. The van der Waals surface area contributed by atoms with Crippen molar-refractivity contribution in [1.82, 2.24) is 9.80 Å². The summed E-state index contributed by atoms with van der Waals surface area (Å²) in [5.74, 6) is 0.0354. The first-order valence-electron chi connectivity index (χ1n) is 11.8. The summed E-state index contributed by atoms with van der Waals surface area (Å²) in [5, 5.41) is 0. The molecule has 0 amide bonds. The first kappa shape index (κ1) is 28.0. The monoisotopic (exact) mass is 512 g/mol. The van der Waals surface area contributed by atoms with Gasteiger partial charge in [-0.25, -0.2) is 0 Å². The molecule has 0 N–H and O–H groups in total. The quantitative estimate of drug-likeness (QED) is 0.228. The molecule has 0 saturated carbocycles. The highest BCUT2D eigenvalue weighted by Crippen LogP contribution is 2.36. The summed E-state index contributed by atoms with van der Waals surface area (Å²) >= 11 is 0. The Morgan fingerprint density at radius 1 is 0.892 bits per heavy atom. The van der Waals surface area contributed by atoms with Gasteiger partial charge in [0, 0.05) is 29.8 Å². The molecule has 0 atom stereocenters. The second-order valence-corrected chi connectivity index (χ2v) is 9.04. The van der Waals surface area contributed by atoms with Crippen molar-refractivity contribution in [1.29, 1.82) is 0 Å². The molecule has 0 aromatic heterocycles. The van der Waals surface area contributed by atoms with Crippen LogP contribution in [0.5, 0.6) is 11.5 Å². The minimum Gasteiger partial charge on any atom is -0.492 e. The molecule has 0 fully saturated rings. The Balaban J connectivity index is 1.98. The summed E-state index contributed by atoms with van der Waals surface area (Å²) in [4.78, 5) is 17.1. The number of carbonyl (C=O) groups excluding carboxylic acids is 1. The Morgan fingerprint density at radius 2 is 1.59 bits per heavy atom. The van der Waals surface area contributed by atoms with Crippen molar-refractivity contribution in [3.8, 4) is 22.6 Å². The molecule has 0 heterocycles. The fraction of sp³-hybridized carbons (Fsp3) is 0.276. The first-order valence-corrected chi connectivity index (χ1v) is 11.8. The van der Waals surface area contributed by atoms with Crippen molar-refractivity contribution in [3.05, 3.63) is 89.5 Å². The fourth-order valence-corrected chi connectivity index (χ4v) is 3.73. The number of ketones is 1. The zero-order valence-corrected chi connectivity index (χ0v) is 21.4. The van der Waals surface area contributed by atoms with Gasteiger partial charge in [0.05, 0.1) is 0 Å². The van der Waals surface area contributed by atoms with Gasteiger partial charge in [-0.15, -0.1) is 13.2 Å². The van der Waals surface area contributed by atoms with Crippen LogP contribution in [-0.4, -0.2) is 63.3 Å². The minimum absolute atomic E-state index is 0.178. The number of nitrogens with zero attached hydrogens (tertiary/aromatic N) is 2. The first-order chi connectivity index (χ1) is 17.5. The smallest absolute Gasteiger partial charge is 0.492 e. The average molecular weight is 513 g/mol. The van der Waals surface area contributed by atoms with E-state index in [0.717, 1.165) is 5.56 Å². The molecule has 0 aliphatic rings. The number of para-hydroxylation sites is 1. The van der Waals surface area contributed by atoms with E-state index in [1.165, 1.54) is 18.2 Å². The highest BCUT2D eigenvalue weighted by molar-refractivity contribution is 6.08. The lowest BCUT2D eigenvalue weighted by Gasteiger charge is -2.16. The lowest BCUT2D eigenvalue weighted by atomic mass is 9.99. The highest BCUT2D eigenvalue weighted by Gasteiger charge is 2.32. The highest BCUT2D eigenvalue weighted by atomic mass is 19.4. The molecule has 0 aliphatic heterocycles. The van der Waals surface area contributed by atoms with Crippen molar-refractivity contribution in [2.75, 3.05) is 41.3 Å². The van der Waals surface area contributed by atoms with Gasteiger partial charge in [-0.2, -0.15) is 0 Å². The van der Waals surface area contributed by atoms with Gasteiger partial charge in [0.2, 0.25) is 0 Å². The second-order valence-electron chi connectivity index (χ2n) is 9.04. The van der Waals surface area contributed by atoms with Gasteiger partial charge < -0.3 is 19.3 Å². The SMILES string of the molecule is CN(C)CCOc1ccc(-c2ccccc2OC(F)(F)F)cc1C=CC(=O)c1ccccc1CN(C)C. The topological polar surface area (TPSA) is 42.0 Å². The van der Waals surface area contributed by atoms with Gasteiger partial charge in [-0.05, 0) is 69.7 Å². The number of ether oxygens (including phenoxy) is 2. The number of rotatable bonds is 11. The standard InChI is InChI=1S/C29H31F3N2O3/c1-33(2)17-18-36-27-16-14-21(25-11-7-8-12-28(25)37-29(30,31)32)19-22(27)13-15-26(35)24-10-6-5-9-23(24)20-34(3)4/h5-16,19H,17-18,20H2,1-4H3. The predicted molar refractivity (Wildman–Crippen MR) is 140 cm³/mol. The van der Waals surface area contributed by atoms with E-state index in [-0.39, 0.29) is 17.1 Å². The lowest BCUT2D eigenvalue weighted by Crippen LogP contribution is -2.19. The van der Waals surface area contributed by atoms with Crippen LogP contribution in [0, 0.1) is 0 Å². The minimum atomic E-state index is -4.82. The van der Waals surface area contributed by atoms with Crippen LogP contribution in [0.25, 0.3) is 17.2 Å². The van der Waals surface area contributed by atoms with Gasteiger partial charge in [0.15, 0.2) is 5.78 Å².